The highest BCUT2D eigenvalue weighted by molar-refractivity contribution is 7.32. The van der Waals surface area contributed by atoms with Gasteiger partial charge in [0.25, 0.3) is 0 Å². The summed E-state index contributed by atoms with van der Waals surface area (Å²) in [5.74, 6) is 5.61. The fourth-order valence-electron chi connectivity index (χ4n) is 10.7. The number of ether oxygens (including phenoxy) is 12. The van der Waals surface area contributed by atoms with Crippen LogP contribution in [0.15, 0.2) is 48.0 Å². The van der Waals surface area contributed by atoms with Gasteiger partial charge in [0.05, 0.1) is 58.5 Å². The first-order chi connectivity index (χ1) is 38.4. The lowest BCUT2D eigenvalue weighted by Crippen LogP contribution is -2.17. The average molecular weight is 1160 g/mol. The Hall–Kier alpha value is -7.26. The quantitative estimate of drug-likeness (QED) is 0.107. The molecule has 0 fully saturated rings. The number of anilines is 2. The lowest BCUT2D eigenvalue weighted by atomic mass is 10.0. The number of hydrogen-bond donors (Lipinski definition) is 1. The molecule has 0 radical (unpaired) electrons. The Labute approximate surface area is 469 Å². The third-order valence-corrected chi connectivity index (χ3v) is 21.7. The van der Waals surface area contributed by atoms with Crippen molar-refractivity contribution in [2.45, 2.75) is 19.8 Å². The predicted molar refractivity (Wildman–Crippen MR) is 300 cm³/mol. The number of nitrogens with zero attached hydrogens (tertiary/aromatic N) is 2. The highest BCUT2D eigenvalue weighted by atomic mass is 32.1. The van der Waals surface area contributed by atoms with Crippen molar-refractivity contribution in [1.82, 2.24) is 0 Å². The molecule has 7 aliphatic heterocycles. The van der Waals surface area contributed by atoms with Gasteiger partial charge in [-0.15, -0.1) is 68.0 Å². The first-order valence-corrected chi connectivity index (χ1v) is 30.2. The van der Waals surface area contributed by atoms with Crippen LogP contribution < -0.4 is 61.7 Å². The smallest absolute Gasteiger partial charge is 0.346 e. The van der Waals surface area contributed by atoms with Crippen LogP contribution in [0.2, 0.25) is 0 Å². The van der Waals surface area contributed by atoms with E-state index < -0.39 is 11.5 Å². The highest BCUT2D eigenvalue weighted by Gasteiger charge is 2.41. The molecule has 13 heterocycles. The van der Waals surface area contributed by atoms with Gasteiger partial charge in [0.2, 0.25) is 0 Å². The monoisotopic (exact) mass is 1160 g/mol. The maximum Gasteiger partial charge on any atom is 0.346 e. The Morgan fingerprint density at radius 2 is 0.808 bits per heavy atom. The molecule has 6 aromatic heterocycles. The van der Waals surface area contributed by atoms with Crippen LogP contribution in [0.3, 0.4) is 0 Å². The van der Waals surface area contributed by atoms with Gasteiger partial charge < -0.3 is 66.8 Å². The number of aryl methyl sites for hydroxylation is 2. The number of benzene rings is 2. The molecule has 0 unspecified atom stereocenters. The maximum absolute atomic E-state index is 11.9. The lowest BCUT2D eigenvalue weighted by molar-refractivity contribution is -0.132. The second kappa shape index (κ2) is 19.3. The van der Waals surface area contributed by atoms with Crippen LogP contribution in [0.1, 0.15) is 22.9 Å². The number of rotatable bonds is 9. The number of para-hydroxylation sites is 1. The van der Waals surface area contributed by atoms with Crippen LogP contribution in [-0.4, -0.2) is 96.9 Å². The zero-order chi connectivity index (χ0) is 52.2. The van der Waals surface area contributed by atoms with E-state index in [0.29, 0.717) is 144 Å². The van der Waals surface area contributed by atoms with Crippen molar-refractivity contribution < 1.29 is 66.7 Å². The molecular weight excluding hydrogens is 1120 g/mol. The van der Waals surface area contributed by atoms with Gasteiger partial charge in [0, 0.05) is 17.9 Å². The normalized spacial score (nSPS) is 16.5. The zero-order valence-electron chi connectivity index (χ0n) is 41.3. The van der Waals surface area contributed by atoms with Gasteiger partial charge in [-0.3, -0.25) is 0 Å². The van der Waals surface area contributed by atoms with Gasteiger partial charge in [-0.2, -0.15) is 5.26 Å². The lowest BCUT2D eigenvalue weighted by Gasteiger charge is -2.25. The summed E-state index contributed by atoms with van der Waals surface area (Å²) < 4.78 is 77.5. The van der Waals surface area contributed by atoms with Crippen molar-refractivity contribution in [2.75, 3.05) is 90.7 Å². The van der Waals surface area contributed by atoms with E-state index in [-0.39, 0.29) is 13.2 Å². The molecule has 0 amide bonds. The summed E-state index contributed by atoms with van der Waals surface area (Å²) >= 11 is 8.95. The number of carboxylic acids is 1. The van der Waals surface area contributed by atoms with E-state index >= 15 is 0 Å². The van der Waals surface area contributed by atoms with E-state index in [1.807, 2.05) is 0 Å². The number of carboxylic acid groups (broad SMARTS) is 1. The molecule has 1 N–H and O–H groups in total. The summed E-state index contributed by atoms with van der Waals surface area (Å²) in [4.78, 5) is 23.8. The van der Waals surface area contributed by atoms with Crippen molar-refractivity contribution in [3.8, 4) is 134 Å². The third-order valence-electron chi connectivity index (χ3n) is 14.0. The van der Waals surface area contributed by atoms with Gasteiger partial charge in [0.15, 0.2) is 69.0 Å². The molecule has 16 nitrogen and oxygen atoms in total. The van der Waals surface area contributed by atoms with Crippen molar-refractivity contribution >= 4 is 91.4 Å². The molecule has 78 heavy (non-hydrogen) atoms. The number of aliphatic carboxylic acids is 1. The molecule has 22 heteroatoms. The summed E-state index contributed by atoms with van der Waals surface area (Å²) in [6.07, 6.45) is 3.19. The van der Waals surface area contributed by atoms with Crippen LogP contribution in [0.25, 0.3) is 65.3 Å². The Kier molecular flexibility index (Phi) is 11.8. The van der Waals surface area contributed by atoms with Crippen LogP contribution in [0, 0.1) is 11.3 Å². The van der Waals surface area contributed by atoms with Crippen LogP contribution in [0.5, 0.6) is 69.0 Å². The van der Waals surface area contributed by atoms with E-state index in [0.717, 1.165) is 74.6 Å². The van der Waals surface area contributed by atoms with Crippen LogP contribution in [0.4, 0.5) is 11.4 Å². The van der Waals surface area contributed by atoms with Gasteiger partial charge in [0.1, 0.15) is 90.9 Å². The third kappa shape index (κ3) is 7.60. The van der Waals surface area contributed by atoms with Crippen LogP contribution >= 0.6 is 68.0 Å². The first kappa shape index (κ1) is 47.9. The molecular formula is C56H42N2O14S6. The van der Waals surface area contributed by atoms with Crippen LogP contribution in [-0.2, 0) is 17.6 Å². The van der Waals surface area contributed by atoms with E-state index in [2.05, 4.69) is 54.3 Å². The van der Waals surface area contributed by atoms with E-state index in [1.165, 1.54) is 73.9 Å². The standard InChI is InChI=1S/C56H42N2O14S6/c1-2-58-30-6-4-3-5-26(30)7-8-27-23-28(9-10-31(27)58)45-35-36(64-14-13-63-35)48(74-45)49-39-40(68-18-17-67-39)52(76-49)53-43-44(72-22-21-71-43)55(78-53)54-42-41(69-19-20-70-42)51(77-54)50-38-37(65-15-16-66-38)47(75-50)46-34-33(61-11-12-62-34)32(73-46)24-29(25-57)56(59)60/h3-6,9-10,23-24H,2,7-8,11-22H2,1H3,(H,59,60)/b29-24+. The van der Waals surface area contributed by atoms with Gasteiger partial charge in [-0.25, -0.2) is 4.79 Å². The number of thiophene rings is 6. The second-order valence-corrected chi connectivity index (χ2v) is 24.6. The molecule has 2 aromatic carbocycles. The summed E-state index contributed by atoms with van der Waals surface area (Å²) in [6, 6.07) is 17.3. The topological polar surface area (TPSA) is 175 Å². The van der Waals surface area contributed by atoms with E-state index in [4.69, 9.17) is 56.8 Å². The zero-order valence-corrected chi connectivity index (χ0v) is 46.2. The maximum atomic E-state index is 11.9. The first-order valence-electron chi connectivity index (χ1n) is 25.3. The molecule has 15 rings (SSSR count). The molecule has 0 bridgehead atoms. The Balaban J connectivity index is 0.841. The molecule has 0 aliphatic carbocycles. The van der Waals surface area contributed by atoms with Gasteiger partial charge >= 0.3 is 5.97 Å². The molecule has 7 aliphatic rings. The molecule has 0 saturated carbocycles. The number of nitriles is 1. The van der Waals surface area contributed by atoms with Crippen molar-refractivity contribution in [3.05, 3.63) is 64.0 Å². The number of fused-ring (bicyclic) bond motifs is 8. The summed E-state index contributed by atoms with van der Waals surface area (Å²) in [7, 11) is 0. The summed E-state index contributed by atoms with van der Waals surface area (Å²) in [6.45, 7) is 7.21. The number of hydrogen-bond acceptors (Lipinski definition) is 21. The molecule has 0 saturated heterocycles. The highest BCUT2D eigenvalue weighted by Crippen LogP contribution is 2.69. The predicted octanol–water partition coefficient (Wildman–Crippen LogP) is 12.9. The second-order valence-electron chi connectivity index (χ2n) is 18.4. The minimum Gasteiger partial charge on any atom is -0.485 e. The van der Waals surface area contributed by atoms with E-state index in [1.54, 1.807) is 28.7 Å². The largest absolute Gasteiger partial charge is 0.485 e. The molecule has 8 aromatic rings. The Bertz CT molecular complexity index is 3870. The summed E-state index contributed by atoms with van der Waals surface area (Å²) in [5, 5.41) is 19.4. The van der Waals surface area contributed by atoms with E-state index in [9.17, 15) is 15.2 Å². The average Bonchev–Trinajstić information content (AvgIpc) is 4.53. The Morgan fingerprint density at radius 3 is 1.21 bits per heavy atom. The molecule has 0 spiro atoms. The number of carbonyl (C=O) groups is 1. The van der Waals surface area contributed by atoms with Gasteiger partial charge in [-0.1, -0.05) is 24.3 Å². The van der Waals surface area contributed by atoms with Gasteiger partial charge in [-0.05, 0) is 60.7 Å². The van der Waals surface area contributed by atoms with Crippen molar-refractivity contribution in [3.63, 3.8) is 0 Å². The minimum atomic E-state index is -1.34. The molecule has 0 atom stereocenters. The van der Waals surface area contributed by atoms with Crippen molar-refractivity contribution in [2.24, 2.45) is 0 Å². The SMILES string of the molecule is CCN1c2ccccc2CCc2cc(-c3sc(-c4sc(-c5sc(-c6sc(-c7sc(-c8sc(/C=C(\C#N)C(=O)O)c9c8OCCO9)c8c7OCCO8)c7c6OCCO7)c6c5OCCO6)c5c4OCCO5)c4c3OCCO4)ccc21. The molecule has 396 valence electrons. The summed E-state index contributed by atoms with van der Waals surface area (Å²) in [5.41, 5.74) is 5.78. The fourth-order valence-corrected chi connectivity index (χ4v) is 18.4. The fraction of sp³-hybridized carbons (Fsp3) is 0.286. The van der Waals surface area contributed by atoms with Crippen molar-refractivity contribution in [1.29, 1.82) is 5.26 Å². The Morgan fingerprint density at radius 1 is 0.474 bits per heavy atom. The minimum absolute atomic E-state index is 0.264.